The molecule has 6 rings (SSSR count). The molecule has 1 aromatic rings. The lowest BCUT2D eigenvalue weighted by molar-refractivity contribution is -0.302. The van der Waals surface area contributed by atoms with Crippen molar-refractivity contribution in [2.45, 2.75) is 71.6 Å². The van der Waals surface area contributed by atoms with Crippen molar-refractivity contribution in [3.8, 4) is 0 Å². The topological polar surface area (TPSA) is 82.1 Å². The lowest BCUT2D eigenvalue weighted by Crippen LogP contribution is -2.68. The van der Waals surface area contributed by atoms with E-state index in [1.165, 1.54) is 0 Å². The Balaban J connectivity index is 1.51. The highest BCUT2D eigenvalue weighted by molar-refractivity contribution is 5.96. The van der Waals surface area contributed by atoms with Crippen LogP contribution in [0.2, 0.25) is 0 Å². The molecule has 0 amide bonds. The predicted molar refractivity (Wildman–Crippen MR) is 133 cm³/mol. The largest absolute Gasteiger partial charge is 0.451 e. The molecule has 1 aromatic carbocycles. The molecule has 1 heterocycles. The van der Waals surface area contributed by atoms with Gasteiger partial charge in [-0.3, -0.25) is 4.79 Å². The monoisotopic (exact) mass is 528 g/mol. The summed E-state index contributed by atoms with van der Waals surface area (Å²) in [5, 5.41) is 12.9. The Labute approximate surface area is 221 Å². The normalized spacial score (nSPS) is 42.0. The summed E-state index contributed by atoms with van der Waals surface area (Å²) in [6, 6.07) is 2.59. The van der Waals surface area contributed by atoms with Gasteiger partial charge in [-0.1, -0.05) is 32.9 Å². The SMILES string of the molecule is CC1=C[C@]23C(=O)[C@@H](C=C4COC(C)(C)O[C@H]4[C@]2(O)[C@H]1OC(=O)c1ccc(F)cc1F)[C@H]1[C@@H](C[C@H]3C)C1(C)C. The van der Waals surface area contributed by atoms with Crippen LogP contribution >= 0.6 is 0 Å². The lowest BCUT2D eigenvalue weighted by Gasteiger charge is -2.52. The molecule has 0 aromatic heterocycles. The third-order valence-electron chi connectivity index (χ3n) is 10.0. The van der Waals surface area contributed by atoms with Gasteiger partial charge in [-0.15, -0.1) is 0 Å². The number of ether oxygens (including phenoxy) is 3. The van der Waals surface area contributed by atoms with Crippen LogP contribution in [0.1, 0.15) is 58.3 Å². The molecule has 0 radical (unpaired) electrons. The Morgan fingerprint density at radius 3 is 2.58 bits per heavy atom. The van der Waals surface area contributed by atoms with E-state index < -0.39 is 58.1 Å². The van der Waals surface area contributed by atoms with E-state index in [1.807, 2.05) is 13.0 Å². The van der Waals surface area contributed by atoms with Crippen molar-refractivity contribution in [3.63, 3.8) is 0 Å². The van der Waals surface area contributed by atoms with Crippen LogP contribution in [0.25, 0.3) is 0 Å². The smallest absolute Gasteiger partial charge is 0.341 e. The quantitative estimate of drug-likeness (QED) is 0.441. The fourth-order valence-electron chi connectivity index (χ4n) is 8.13. The molecule has 6 nitrogen and oxygen atoms in total. The summed E-state index contributed by atoms with van der Waals surface area (Å²) in [5.74, 6) is -4.45. The van der Waals surface area contributed by atoms with E-state index in [2.05, 4.69) is 13.8 Å². The summed E-state index contributed by atoms with van der Waals surface area (Å²) in [4.78, 5) is 27.9. The fourth-order valence-corrected chi connectivity index (χ4v) is 8.13. The van der Waals surface area contributed by atoms with Gasteiger partial charge in [0.2, 0.25) is 0 Å². The average Bonchev–Trinajstić information content (AvgIpc) is 3.31. The molecule has 204 valence electrons. The number of rotatable bonds is 2. The number of carbonyl (C=O) groups is 2. The summed E-state index contributed by atoms with van der Waals surface area (Å²) >= 11 is 0. The number of benzene rings is 1. The molecule has 1 saturated heterocycles. The van der Waals surface area contributed by atoms with Crippen LogP contribution in [-0.2, 0) is 19.0 Å². The third kappa shape index (κ3) is 3.20. The van der Waals surface area contributed by atoms with E-state index in [9.17, 15) is 23.5 Å². The van der Waals surface area contributed by atoms with Gasteiger partial charge in [-0.05, 0) is 73.6 Å². The van der Waals surface area contributed by atoms with Crippen LogP contribution in [0.5, 0.6) is 0 Å². The van der Waals surface area contributed by atoms with Gasteiger partial charge in [-0.25, -0.2) is 13.6 Å². The maximum atomic E-state index is 14.6. The van der Waals surface area contributed by atoms with Gasteiger partial charge >= 0.3 is 5.97 Å². The number of fused-ring (bicyclic) bond motifs is 5. The molecule has 8 atom stereocenters. The first kappa shape index (κ1) is 25.8. The molecule has 2 bridgehead atoms. The number of Topliss-reactive ketones (excluding diaryl/α,β-unsaturated/α-hetero) is 1. The number of esters is 1. The predicted octanol–water partition coefficient (Wildman–Crippen LogP) is 4.76. The minimum Gasteiger partial charge on any atom is -0.451 e. The van der Waals surface area contributed by atoms with Gasteiger partial charge in [0.1, 0.15) is 17.7 Å². The number of allylic oxidation sites excluding steroid dienone is 1. The van der Waals surface area contributed by atoms with Crippen LogP contribution in [0, 0.1) is 46.1 Å². The number of ketones is 1. The zero-order valence-corrected chi connectivity index (χ0v) is 22.5. The van der Waals surface area contributed by atoms with Crippen LogP contribution in [0.15, 0.2) is 41.5 Å². The van der Waals surface area contributed by atoms with Crippen molar-refractivity contribution in [3.05, 3.63) is 58.7 Å². The van der Waals surface area contributed by atoms with Crippen molar-refractivity contribution < 1.29 is 37.7 Å². The zero-order chi connectivity index (χ0) is 27.6. The molecule has 38 heavy (non-hydrogen) atoms. The van der Waals surface area contributed by atoms with Gasteiger partial charge in [0.25, 0.3) is 0 Å². The number of hydrogen-bond donors (Lipinski definition) is 1. The summed E-state index contributed by atoms with van der Waals surface area (Å²) in [6.07, 6.45) is 2.10. The third-order valence-corrected chi connectivity index (χ3v) is 10.0. The van der Waals surface area contributed by atoms with Crippen molar-refractivity contribution >= 4 is 11.8 Å². The summed E-state index contributed by atoms with van der Waals surface area (Å²) < 4.78 is 46.2. The Hall–Kier alpha value is -2.42. The molecule has 8 heteroatoms. The second kappa shape index (κ2) is 7.83. The highest BCUT2D eigenvalue weighted by Gasteiger charge is 2.77. The minimum absolute atomic E-state index is 0.0236. The number of carbonyl (C=O) groups excluding carboxylic acids is 2. The summed E-state index contributed by atoms with van der Waals surface area (Å²) in [7, 11) is 0. The molecular weight excluding hydrogens is 494 g/mol. The van der Waals surface area contributed by atoms with Crippen LogP contribution < -0.4 is 0 Å². The number of aliphatic hydroxyl groups is 1. The van der Waals surface area contributed by atoms with Crippen LogP contribution in [0.4, 0.5) is 8.78 Å². The van der Waals surface area contributed by atoms with Crippen molar-refractivity contribution in [1.29, 1.82) is 0 Å². The average molecular weight is 529 g/mol. The molecule has 5 aliphatic rings. The van der Waals surface area contributed by atoms with Crippen molar-refractivity contribution in [2.75, 3.05) is 6.61 Å². The Morgan fingerprint density at radius 1 is 1.18 bits per heavy atom. The number of halogens is 2. The maximum Gasteiger partial charge on any atom is 0.341 e. The zero-order valence-electron chi connectivity index (χ0n) is 22.5. The fraction of sp³-hybridized carbons (Fsp3) is 0.600. The van der Waals surface area contributed by atoms with E-state index in [0.29, 0.717) is 23.1 Å². The van der Waals surface area contributed by atoms with E-state index in [0.717, 1.165) is 18.6 Å². The molecule has 1 N–H and O–H groups in total. The first-order chi connectivity index (χ1) is 17.6. The molecular formula is C30H34F2O6. The highest BCUT2D eigenvalue weighted by atomic mass is 19.1. The molecule has 1 spiro atoms. The minimum atomic E-state index is -2.00. The number of hydrogen-bond acceptors (Lipinski definition) is 6. The van der Waals surface area contributed by atoms with Crippen molar-refractivity contribution in [2.24, 2.45) is 34.5 Å². The molecule has 2 saturated carbocycles. The highest BCUT2D eigenvalue weighted by Crippen LogP contribution is 2.72. The van der Waals surface area contributed by atoms with Crippen LogP contribution in [-0.4, -0.2) is 47.1 Å². The molecule has 4 aliphatic carbocycles. The second-order valence-corrected chi connectivity index (χ2v) is 12.9. The van der Waals surface area contributed by atoms with E-state index in [1.54, 1.807) is 26.8 Å². The van der Waals surface area contributed by atoms with E-state index >= 15 is 0 Å². The molecule has 3 fully saturated rings. The maximum absolute atomic E-state index is 14.6. The van der Waals surface area contributed by atoms with Gasteiger partial charge in [0.15, 0.2) is 23.3 Å². The Bertz CT molecular complexity index is 1310. The molecule has 0 unspecified atom stereocenters. The first-order valence-electron chi connectivity index (χ1n) is 13.3. The van der Waals surface area contributed by atoms with Crippen LogP contribution in [0.3, 0.4) is 0 Å². The van der Waals surface area contributed by atoms with Gasteiger partial charge < -0.3 is 19.3 Å². The lowest BCUT2D eigenvalue weighted by atomic mass is 9.59. The van der Waals surface area contributed by atoms with Gasteiger partial charge in [-0.2, -0.15) is 0 Å². The summed E-state index contributed by atoms with van der Waals surface area (Å²) in [5.41, 5.74) is -2.74. The van der Waals surface area contributed by atoms with E-state index in [-0.39, 0.29) is 29.6 Å². The Kier molecular flexibility index (Phi) is 5.32. The Morgan fingerprint density at radius 2 is 1.89 bits per heavy atom. The van der Waals surface area contributed by atoms with Crippen molar-refractivity contribution in [1.82, 2.24) is 0 Å². The molecule has 1 aliphatic heterocycles. The summed E-state index contributed by atoms with van der Waals surface area (Å²) in [6.45, 7) is 11.7. The van der Waals surface area contributed by atoms with E-state index in [4.69, 9.17) is 14.2 Å². The van der Waals surface area contributed by atoms with Gasteiger partial charge in [0.05, 0.1) is 17.6 Å². The van der Waals surface area contributed by atoms with Gasteiger partial charge in [0, 0.05) is 12.0 Å². The standard InChI is InChI=1S/C30H34F2O6/c1-14-12-29-15(2)9-20-22(27(20,3)4)19(23(29)33)10-16-13-36-28(5,6)38-25(16)30(29,35)24(14)37-26(34)18-8-7-17(31)11-21(18)32/h7-8,10-12,15,19-20,22,24-25,35H,9,13H2,1-6H3/t15-,19+,20-,22+,24+,25-,29+,30-/m1/s1. The second-order valence-electron chi connectivity index (χ2n) is 12.9. The first-order valence-corrected chi connectivity index (χ1v) is 13.3.